The van der Waals surface area contributed by atoms with E-state index in [2.05, 4.69) is 20.8 Å². The quantitative estimate of drug-likeness (QED) is 0.0928. The third kappa shape index (κ3) is 28.2. The molecular weight excluding hydrogens is 412 g/mol. The topological polar surface area (TPSA) is 9.23 Å². The van der Waals surface area contributed by atoms with Gasteiger partial charge in [-0.05, 0) is 19.3 Å². The maximum atomic E-state index is 6.43. The standard InChI is InChI=1S/C33H68O/c1-4-7-10-13-16-18-19-20-23-26-29-32-34-33(30-27-24-21-15-12-9-6-3)31-28-25-22-17-14-11-8-5-2/h33H,4-32H2,1-3H3. The summed E-state index contributed by atoms with van der Waals surface area (Å²) in [5.74, 6) is 0. The molecule has 0 bridgehead atoms. The summed E-state index contributed by atoms with van der Waals surface area (Å²) in [6.45, 7) is 7.93. The van der Waals surface area contributed by atoms with Crippen molar-refractivity contribution in [2.45, 2.75) is 207 Å². The lowest BCUT2D eigenvalue weighted by Crippen LogP contribution is -2.14. The molecule has 0 aromatic heterocycles. The van der Waals surface area contributed by atoms with Crippen molar-refractivity contribution in [3.8, 4) is 0 Å². The van der Waals surface area contributed by atoms with Crippen molar-refractivity contribution in [3.63, 3.8) is 0 Å². The molecule has 0 aromatic carbocycles. The minimum Gasteiger partial charge on any atom is -0.378 e. The van der Waals surface area contributed by atoms with E-state index in [9.17, 15) is 0 Å². The summed E-state index contributed by atoms with van der Waals surface area (Å²) in [6.07, 6.45) is 40.0. The molecule has 1 heteroatoms. The van der Waals surface area contributed by atoms with Gasteiger partial charge in [-0.15, -0.1) is 0 Å². The summed E-state index contributed by atoms with van der Waals surface area (Å²) in [5, 5.41) is 0. The minimum absolute atomic E-state index is 0.541. The van der Waals surface area contributed by atoms with Crippen LogP contribution in [0.2, 0.25) is 0 Å². The Hall–Kier alpha value is -0.0400. The second kappa shape index (κ2) is 31.0. The van der Waals surface area contributed by atoms with E-state index >= 15 is 0 Å². The predicted molar refractivity (Wildman–Crippen MR) is 156 cm³/mol. The number of unbranched alkanes of at least 4 members (excludes halogenated alkanes) is 23. The Morgan fingerprint density at radius 2 is 0.588 bits per heavy atom. The van der Waals surface area contributed by atoms with Crippen LogP contribution < -0.4 is 0 Å². The van der Waals surface area contributed by atoms with Gasteiger partial charge in [0.25, 0.3) is 0 Å². The molecule has 0 aliphatic rings. The van der Waals surface area contributed by atoms with E-state index in [0.717, 1.165) is 6.61 Å². The van der Waals surface area contributed by atoms with Crippen LogP contribution in [-0.2, 0) is 4.74 Å². The third-order valence-corrected chi connectivity index (χ3v) is 7.61. The Morgan fingerprint density at radius 1 is 0.324 bits per heavy atom. The highest BCUT2D eigenvalue weighted by Crippen LogP contribution is 2.18. The Morgan fingerprint density at radius 3 is 0.912 bits per heavy atom. The fraction of sp³-hybridized carbons (Fsp3) is 1.00. The molecule has 0 heterocycles. The molecule has 0 saturated carbocycles. The maximum Gasteiger partial charge on any atom is 0.0575 e. The van der Waals surface area contributed by atoms with Gasteiger partial charge in [-0.25, -0.2) is 0 Å². The van der Waals surface area contributed by atoms with Crippen LogP contribution in [0.1, 0.15) is 201 Å². The van der Waals surface area contributed by atoms with E-state index in [1.165, 1.54) is 180 Å². The maximum absolute atomic E-state index is 6.43. The van der Waals surface area contributed by atoms with Crippen LogP contribution in [0, 0.1) is 0 Å². The number of ether oxygens (including phenoxy) is 1. The monoisotopic (exact) mass is 481 g/mol. The molecule has 0 aliphatic heterocycles. The van der Waals surface area contributed by atoms with Gasteiger partial charge >= 0.3 is 0 Å². The Labute approximate surface area is 218 Å². The van der Waals surface area contributed by atoms with Crippen LogP contribution in [0.5, 0.6) is 0 Å². The van der Waals surface area contributed by atoms with Gasteiger partial charge in [0.05, 0.1) is 6.10 Å². The molecule has 0 spiro atoms. The van der Waals surface area contributed by atoms with Crippen LogP contribution in [0.4, 0.5) is 0 Å². The minimum atomic E-state index is 0.541. The summed E-state index contributed by atoms with van der Waals surface area (Å²) >= 11 is 0. The van der Waals surface area contributed by atoms with E-state index in [4.69, 9.17) is 4.74 Å². The second-order valence-corrected chi connectivity index (χ2v) is 11.2. The first-order valence-electron chi connectivity index (χ1n) is 16.5. The number of hydrogen-bond donors (Lipinski definition) is 0. The largest absolute Gasteiger partial charge is 0.378 e. The van der Waals surface area contributed by atoms with Gasteiger partial charge in [-0.2, -0.15) is 0 Å². The summed E-state index contributed by atoms with van der Waals surface area (Å²) < 4.78 is 6.43. The highest BCUT2D eigenvalue weighted by atomic mass is 16.5. The Bertz CT molecular complexity index is 339. The smallest absolute Gasteiger partial charge is 0.0575 e. The van der Waals surface area contributed by atoms with E-state index < -0.39 is 0 Å². The second-order valence-electron chi connectivity index (χ2n) is 11.2. The van der Waals surface area contributed by atoms with Crippen LogP contribution >= 0.6 is 0 Å². The third-order valence-electron chi connectivity index (χ3n) is 7.61. The summed E-state index contributed by atoms with van der Waals surface area (Å²) in [5.41, 5.74) is 0. The predicted octanol–water partition coefficient (Wildman–Crippen LogP) is 12.4. The van der Waals surface area contributed by atoms with Crippen molar-refractivity contribution in [2.75, 3.05) is 6.61 Å². The SMILES string of the molecule is CCCCCCCCCCCCCOC(CCCCCCCCC)CCCCCCCCCC. The molecule has 0 rings (SSSR count). The first kappa shape index (κ1) is 34.0. The summed E-state index contributed by atoms with van der Waals surface area (Å²) in [7, 11) is 0. The van der Waals surface area contributed by atoms with Crippen molar-refractivity contribution in [3.05, 3.63) is 0 Å². The van der Waals surface area contributed by atoms with Crippen LogP contribution in [0.3, 0.4) is 0 Å². The highest BCUT2D eigenvalue weighted by molar-refractivity contribution is 4.61. The summed E-state index contributed by atoms with van der Waals surface area (Å²) in [4.78, 5) is 0. The van der Waals surface area contributed by atoms with Gasteiger partial charge in [0.2, 0.25) is 0 Å². The zero-order valence-electron chi connectivity index (χ0n) is 24.5. The fourth-order valence-corrected chi connectivity index (χ4v) is 5.16. The van der Waals surface area contributed by atoms with Crippen molar-refractivity contribution in [1.29, 1.82) is 0 Å². The fourth-order valence-electron chi connectivity index (χ4n) is 5.16. The number of rotatable bonds is 30. The van der Waals surface area contributed by atoms with Gasteiger partial charge in [0.15, 0.2) is 0 Å². The van der Waals surface area contributed by atoms with E-state index in [1.807, 2.05) is 0 Å². The van der Waals surface area contributed by atoms with Crippen molar-refractivity contribution < 1.29 is 4.74 Å². The average Bonchev–Trinajstić information content (AvgIpc) is 2.85. The molecule has 0 aliphatic carbocycles. The van der Waals surface area contributed by atoms with Gasteiger partial charge < -0.3 is 4.74 Å². The van der Waals surface area contributed by atoms with Crippen molar-refractivity contribution in [2.24, 2.45) is 0 Å². The highest BCUT2D eigenvalue weighted by Gasteiger charge is 2.09. The van der Waals surface area contributed by atoms with Crippen LogP contribution in [0.25, 0.3) is 0 Å². The summed E-state index contributed by atoms with van der Waals surface area (Å²) in [6, 6.07) is 0. The van der Waals surface area contributed by atoms with Crippen LogP contribution in [0.15, 0.2) is 0 Å². The van der Waals surface area contributed by atoms with Gasteiger partial charge in [-0.3, -0.25) is 0 Å². The van der Waals surface area contributed by atoms with Crippen molar-refractivity contribution in [1.82, 2.24) is 0 Å². The molecule has 0 fully saturated rings. The molecule has 34 heavy (non-hydrogen) atoms. The van der Waals surface area contributed by atoms with Crippen molar-refractivity contribution >= 4 is 0 Å². The van der Waals surface area contributed by atoms with Gasteiger partial charge in [0.1, 0.15) is 0 Å². The number of hydrogen-bond acceptors (Lipinski definition) is 1. The Kier molecular flexibility index (Phi) is 31.0. The molecular formula is C33H68O. The molecule has 0 saturated heterocycles. The lowest BCUT2D eigenvalue weighted by Gasteiger charge is -2.18. The van der Waals surface area contributed by atoms with E-state index in [1.54, 1.807) is 0 Å². The lowest BCUT2D eigenvalue weighted by atomic mass is 10.0. The molecule has 1 atom stereocenters. The van der Waals surface area contributed by atoms with Gasteiger partial charge in [0, 0.05) is 6.61 Å². The molecule has 1 nitrogen and oxygen atoms in total. The zero-order chi connectivity index (χ0) is 24.8. The van der Waals surface area contributed by atoms with Gasteiger partial charge in [-0.1, -0.05) is 181 Å². The van der Waals surface area contributed by atoms with Crippen LogP contribution in [-0.4, -0.2) is 12.7 Å². The lowest BCUT2D eigenvalue weighted by molar-refractivity contribution is 0.0357. The first-order valence-corrected chi connectivity index (χ1v) is 16.5. The Balaban J connectivity index is 3.79. The molecule has 0 amide bonds. The molecule has 0 aromatic rings. The molecule has 0 radical (unpaired) electrons. The van der Waals surface area contributed by atoms with E-state index in [0.29, 0.717) is 6.10 Å². The van der Waals surface area contributed by atoms with E-state index in [-0.39, 0.29) is 0 Å². The normalized spacial score (nSPS) is 12.4. The molecule has 1 unspecified atom stereocenters. The average molecular weight is 481 g/mol. The zero-order valence-corrected chi connectivity index (χ0v) is 24.5. The first-order chi connectivity index (χ1) is 16.8. The molecule has 206 valence electrons. The molecule has 0 N–H and O–H groups in total.